The fourth-order valence-corrected chi connectivity index (χ4v) is 1.64. The third-order valence-corrected chi connectivity index (χ3v) is 2.68. The van der Waals surface area contributed by atoms with Crippen molar-refractivity contribution in [1.29, 1.82) is 0 Å². The molecule has 0 aromatic heterocycles. The topological polar surface area (TPSA) is 109 Å². The second-order valence-electron chi connectivity index (χ2n) is 3.66. The van der Waals surface area contributed by atoms with Crippen LogP contribution in [0.5, 0.6) is 0 Å². The lowest BCUT2D eigenvalue weighted by Crippen LogP contribution is -2.43. The number of carbonyl (C=O) groups is 3. The van der Waals surface area contributed by atoms with Crippen molar-refractivity contribution in [3.8, 4) is 0 Å². The van der Waals surface area contributed by atoms with Crippen LogP contribution in [0.1, 0.15) is 16.8 Å². The summed E-state index contributed by atoms with van der Waals surface area (Å²) in [6, 6.07) is 2.20. The summed E-state index contributed by atoms with van der Waals surface area (Å²) >= 11 is 3.03. The average molecular weight is 333 g/mol. The fraction of sp³-hybridized carbons (Fsp3) is 0.182. The average Bonchev–Trinajstić information content (AvgIpc) is 2.26. The molecule has 8 heteroatoms. The summed E-state index contributed by atoms with van der Waals surface area (Å²) < 4.78 is 13.9. The summed E-state index contributed by atoms with van der Waals surface area (Å²) in [5.74, 6) is -4.05. The number of nitrogens with one attached hydrogen (secondary N) is 1. The highest BCUT2D eigenvalue weighted by Crippen LogP contribution is 2.15. The lowest BCUT2D eigenvalue weighted by Gasteiger charge is -2.13. The highest BCUT2D eigenvalue weighted by Gasteiger charge is 2.23. The van der Waals surface area contributed by atoms with Gasteiger partial charge in [-0.2, -0.15) is 0 Å². The maximum Gasteiger partial charge on any atom is 0.326 e. The van der Waals surface area contributed by atoms with Crippen LogP contribution in [0, 0.1) is 5.82 Å². The second kappa shape index (κ2) is 6.28. The van der Waals surface area contributed by atoms with Crippen LogP contribution in [-0.2, 0) is 9.59 Å². The van der Waals surface area contributed by atoms with E-state index in [1.807, 2.05) is 5.32 Å². The molecule has 102 valence electrons. The number of primary amides is 1. The largest absolute Gasteiger partial charge is 0.480 e. The van der Waals surface area contributed by atoms with Gasteiger partial charge in [0.2, 0.25) is 5.91 Å². The van der Waals surface area contributed by atoms with Crippen LogP contribution in [0.3, 0.4) is 0 Å². The van der Waals surface area contributed by atoms with E-state index >= 15 is 0 Å². The van der Waals surface area contributed by atoms with Gasteiger partial charge in [-0.3, -0.25) is 9.59 Å². The Labute approximate surface area is 115 Å². The van der Waals surface area contributed by atoms with E-state index in [9.17, 15) is 18.8 Å². The minimum absolute atomic E-state index is 0.320. The molecule has 1 aromatic rings. The Morgan fingerprint density at radius 2 is 2.05 bits per heavy atom. The Balaban J connectivity index is 2.87. The van der Waals surface area contributed by atoms with Gasteiger partial charge >= 0.3 is 5.97 Å². The molecule has 6 nitrogen and oxygen atoms in total. The molecule has 0 bridgehead atoms. The summed E-state index contributed by atoms with van der Waals surface area (Å²) in [4.78, 5) is 33.2. The minimum Gasteiger partial charge on any atom is -0.480 e. The Bertz CT molecular complexity index is 535. The SMILES string of the molecule is NC(=O)C[C@@H](NC(=O)c1ccc(Br)cc1F)C(=O)O. The van der Waals surface area contributed by atoms with Gasteiger partial charge in [-0.1, -0.05) is 15.9 Å². The Morgan fingerprint density at radius 1 is 1.42 bits per heavy atom. The van der Waals surface area contributed by atoms with Crippen LogP contribution in [0.2, 0.25) is 0 Å². The lowest BCUT2D eigenvalue weighted by atomic mass is 10.1. The van der Waals surface area contributed by atoms with Gasteiger partial charge in [-0.05, 0) is 18.2 Å². The van der Waals surface area contributed by atoms with Crippen LogP contribution in [0.15, 0.2) is 22.7 Å². The number of nitrogens with two attached hydrogens (primary N) is 1. The van der Waals surface area contributed by atoms with Crippen molar-refractivity contribution in [2.45, 2.75) is 12.5 Å². The van der Waals surface area contributed by atoms with Gasteiger partial charge < -0.3 is 16.2 Å². The molecule has 0 fully saturated rings. The summed E-state index contributed by atoms with van der Waals surface area (Å²) in [5, 5.41) is 10.8. The quantitative estimate of drug-likeness (QED) is 0.735. The number of rotatable bonds is 5. The zero-order valence-electron chi connectivity index (χ0n) is 9.52. The van der Waals surface area contributed by atoms with Crippen LogP contribution < -0.4 is 11.1 Å². The van der Waals surface area contributed by atoms with Crippen molar-refractivity contribution >= 4 is 33.7 Å². The molecule has 1 aromatic carbocycles. The Hall–Kier alpha value is -1.96. The number of carboxylic acid groups (broad SMARTS) is 1. The molecule has 4 N–H and O–H groups in total. The molecule has 2 amide bonds. The fourth-order valence-electron chi connectivity index (χ4n) is 1.31. The van der Waals surface area contributed by atoms with E-state index in [1.54, 1.807) is 0 Å². The lowest BCUT2D eigenvalue weighted by molar-refractivity contribution is -0.140. The van der Waals surface area contributed by atoms with E-state index in [2.05, 4.69) is 15.9 Å². The number of amides is 2. The maximum atomic E-state index is 13.5. The van der Waals surface area contributed by atoms with E-state index in [0.29, 0.717) is 4.47 Å². The van der Waals surface area contributed by atoms with E-state index in [-0.39, 0.29) is 5.56 Å². The molecular weight excluding hydrogens is 323 g/mol. The van der Waals surface area contributed by atoms with Gasteiger partial charge in [0.05, 0.1) is 12.0 Å². The number of hydrogen-bond donors (Lipinski definition) is 3. The van der Waals surface area contributed by atoms with Gasteiger partial charge in [0.15, 0.2) is 0 Å². The van der Waals surface area contributed by atoms with Crippen LogP contribution in [0.25, 0.3) is 0 Å². The summed E-state index contributed by atoms with van der Waals surface area (Å²) in [6.07, 6.45) is -0.570. The van der Waals surface area contributed by atoms with Crippen molar-refractivity contribution in [2.75, 3.05) is 0 Å². The molecule has 0 spiro atoms. The first-order valence-electron chi connectivity index (χ1n) is 5.08. The summed E-state index contributed by atoms with van der Waals surface area (Å²) in [5.41, 5.74) is 4.54. The number of benzene rings is 1. The monoisotopic (exact) mass is 332 g/mol. The smallest absolute Gasteiger partial charge is 0.326 e. The van der Waals surface area contributed by atoms with Crippen LogP contribution >= 0.6 is 15.9 Å². The molecule has 0 heterocycles. The Morgan fingerprint density at radius 3 is 2.53 bits per heavy atom. The molecule has 0 aliphatic heterocycles. The predicted octanol–water partition coefficient (Wildman–Crippen LogP) is 0.647. The van der Waals surface area contributed by atoms with Gasteiger partial charge in [0, 0.05) is 4.47 Å². The van der Waals surface area contributed by atoms with Crippen LogP contribution in [0.4, 0.5) is 4.39 Å². The van der Waals surface area contributed by atoms with E-state index < -0.39 is 36.1 Å². The number of carboxylic acids is 1. The van der Waals surface area contributed by atoms with Crippen LogP contribution in [-0.4, -0.2) is 28.9 Å². The van der Waals surface area contributed by atoms with E-state index in [0.717, 1.165) is 6.07 Å². The van der Waals surface area contributed by atoms with Crippen molar-refractivity contribution in [2.24, 2.45) is 5.73 Å². The van der Waals surface area contributed by atoms with Crippen molar-refractivity contribution in [3.63, 3.8) is 0 Å². The standard InChI is InChI=1S/C11H10BrFN2O4/c12-5-1-2-6(7(13)3-5)10(17)15-8(11(18)19)4-9(14)16/h1-3,8H,4H2,(H2,14,16)(H,15,17)(H,18,19)/t8-/m1/s1. The number of hydrogen-bond acceptors (Lipinski definition) is 3. The molecule has 0 saturated heterocycles. The zero-order chi connectivity index (χ0) is 14.6. The first kappa shape index (κ1) is 15.1. The maximum absolute atomic E-state index is 13.5. The third-order valence-electron chi connectivity index (χ3n) is 2.18. The number of carbonyl (C=O) groups excluding carboxylic acids is 2. The number of aliphatic carboxylic acids is 1. The van der Waals surface area contributed by atoms with Gasteiger partial charge in [0.1, 0.15) is 11.9 Å². The molecule has 0 radical (unpaired) electrons. The summed E-state index contributed by atoms with van der Waals surface area (Å²) in [7, 11) is 0. The number of halogens is 2. The predicted molar refractivity (Wildman–Crippen MR) is 66.8 cm³/mol. The van der Waals surface area contributed by atoms with E-state index in [1.165, 1.54) is 12.1 Å². The van der Waals surface area contributed by atoms with Crippen molar-refractivity contribution in [3.05, 3.63) is 34.1 Å². The highest BCUT2D eigenvalue weighted by molar-refractivity contribution is 9.10. The first-order chi connectivity index (χ1) is 8.81. The molecule has 0 unspecified atom stereocenters. The normalized spacial score (nSPS) is 11.7. The molecule has 0 aliphatic carbocycles. The first-order valence-corrected chi connectivity index (χ1v) is 5.87. The Kier molecular flexibility index (Phi) is 4.99. The minimum atomic E-state index is -1.49. The molecule has 0 aliphatic rings. The second-order valence-corrected chi connectivity index (χ2v) is 4.57. The molecule has 19 heavy (non-hydrogen) atoms. The molecule has 1 atom stereocenters. The van der Waals surface area contributed by atoms with Crippen molar-refractivity contribution in [1.82, 2.24) is 5.32 Å². The zero-order valence-corrected chi connectivity index (χ0v) is 11.1. The van der Waals surface area contributed by atoms with Gasteiger partial charge in [-0.15, -0.1) is 0 Å². The van der Waals surface area contributed by atoms with Gasteiger partial charge in [-0.25, -0.2) is 9.18 Å². The molecule has 1 rings (SSSR count). The highest BCUT2D eigenvalue weighted by atomic mass is 79.9. The summed E-state index contributed by atoms with van der Waals surface area (Å²) in [6.45, 7) is 0. The van der Waals surface area contributed by atoms with Crippen molar-refractivity contribution < 1.29 is 23.9 Å². The molecular formula is C11H10BrFN2O4. The van der Waals surface area contributed by atoms with Gasteiger partial charge in [0.25, 0.3) is 5.91 Å². The molecule has 0 saturated carbocycles. The van der Waals surface area contributed by atoms with E-state index in [4.69, 9.17) is 10.8 Å². The third kappa shape index (κ3) is 4.32.